The maximum atomic E-state index is 13.0. The molecule has 3 rings (SSSR count). The number of rotatable bonds is 3. The first kappa shape index (κ1) is 17.7. The van der Waals surface area contributed by atoms with Crippen LogP contribution in [0.2, 0.25) is 0 Å². The number of hydrogen-bond acceptors (Lipinski definition) is 7. The molecule has 2 aromatic carbocycles. The standard InChI is InChI=1S/C18H21N3O5/c1-18(2,3)12-8-11(26-4)9-15(16(12)22)20-19-13-7-10(17(23)24)5-6-14(13)21(20)25/h5-9,19,22,25H,1-4H3,(H,23,24)/p-1. The smallest absolute Gasteiger partial charge is 0.335 e. The van der Waals surface area contributed by atoms with Gasteiger partial charge in [0.25, 0.3) is 0 Å². The molecule has 0 fully saturated rings. The fourth-order valence-electron chi connectivity index (χ4n) is 2.78. The second kappa shape index (κ2) is 5.99. The number of nitrogens with zero attached hydrogens (tertiary/aromatic N) is 2. The average molecular weight is 358 g/mol. The Balaban J connectivity index is 2.09. The molecule has 1 aliphatic rings. The molecule has 0 radical (unpaired) electrons. The molecule has 0 saturated carbocycles. The van der Waals surface area contributed by atoms with Crippen molar-refractivity contribution >= 4 is 23.0 Å². The van der Waals surface area contributed by atoms with Crippen LogP contribution in [0, 0.1) is 0 Å². The predicted octanol–water partition coefficient (Wildman–Crippen LogP) is 2.72. The fourth-order valence-corrected chi connectivity index (χ4v) is 2.78. The number of methoxy groups -OCH3 is 1. The quantitative estimate of drug-likeness (QED) is 0.768. The highest BCUT2D eigenvalue weighted by Gasteiger charge is 2.29. The number of aromatic carboxylic acids is 1. The van der Waals surface area contributed by atoms with Crippen molar-refractivity contribution in [2.24, 2.45) is 0 Å². The monoisotopic (exact) mass is 358 g/mol. The van der Waals surface area contributed by atoms with Crippen LogP contribution < -0.4 is 25.6 Å². The van der Waals surface area contributed by atoms with E-state index in [2.05, 4.69) is 5.43 Å². The Hall–Kier alpha value is -3.13. The van der Waals surface area contributed by atoms with E-state index < -0.39 is 11.4 Å². The van der Waals surface area contributed by atoms with Gasteiger partial charge in [-0.3, -0.25) is 10.6 Å². The van der Waals surface area contributed by atoms with Crippen molar-refractivity contribution < 1.29 is 25.0 Å². The maximum Gasteiger partial charge on any atom is 0.335 e. The van der Waals surface area contributed by atoms with E-state index in [1.54, 1.807) is 6.07 Å². The van der Waals surface area contributed by atoms with Gasteiger partial charge in [-0.15, -0.1) is 5.17 Å². The topological polar surface area (TPSA) is 108 Å². The van der Waals surface area contributed by atoms with Gasteiger partial charge in [0.1, 0.15) is 11.4 Å². The number of hydrazine groups is 2. The molecule has 3 N–H and O–H groups in total. The molecule has 0 saturated heterocycles. The van der Waals surface area contributed by atoms with Crippen molar-refractivity contribution in [1.82, 2.24) is 0 Å². The number of carboxylic acids is 1. The molecule has 1 heterocycles. The molecule has 8 heteroatoms. The van der Waals surface area contributed by atoms with E-state index in [-0.39, 0.29) is 17.0 Å². The minimum Gasteiger partial charge on any atom is -0.871 e. The van der Waals surface area contributed by atoms with Crippen LogP contribution in [0.1, 0.15) is 36.7 Å². The van der Waals surface area contributed by atoms with Crippen LogP contribution in [-0.4, -0.2) is 23.4 Å². The molecule has 0 aromatic heterocycles. The van der Waals surface area contributed by atoms with E-state index in [0.717, 1.165) is 10.3 Å². The summed E-state index contributed by atoms with van der Waals surface area (Å²) in [4.78, 5) is 11.1. The van der Waals surface area contributed by atoms with E-state index in [0.29, 0.717) is 22.7 Å². The summed E-state index contributed by atoms with van der Waals surface area (Å²) in [6.45, 7) is 5.74. The average Bonchev–Trinajstić information content (AvgIpc) is 2.90. The van der Waals surface area contributed by atoms with Crippen molar-refractivity contribution in [2.75, 3.05) is 22.8 Å². The lowest BCUT2D eigenvalue weighted by Crippen LogP contribution is -2.40. The number of carboxylic acid groups (broad SMARTS) is 1. The summed E-state index contributed by atoms with van der Waals surface area (Å²) < 4.78 is 5.30. The Morgan fingerprint density at radius 3 is 2.46 bits per heavy atom. The number of hydrogen-bond donors (Lipinski definition) is 3. The molecular weight excluding hydrogens is 338 g/mol. The minimum absolute atomic E-state index is 0.0647. The molecule has 0 spiro atoms. The number of ether oxygens (including phenoxy) is 1. The van der Waals surface area contributed by atoms with Gasteiger partial charge < -0.3 is 14.9 Å². The summed E-state index contributed by atoms with van der Waals surface area (Å²) in [6, 6.07) is 7.41. The summed E-state index contributed by atoms with van der Waals surface area (Å²) >= 11 is 0. The fraction of sp³-hybridized carbons (Fsp3) is 0.278. The molecule has 0 amide bonds. The van der Waals surface area contributed by atoms with Crippen LogP contribution >= 0.6 is 0 Å². The van der Waals surface area contributed by atoms with Crippen molar-refractivity contribution in [3.63, 3.8) is 0 Å². The molecule has 0 atom stereocenters. The van der Waals surface area contributed by atoms with Gasteiger partial charge in [-0.25, -0.2) is 4.79 Å². The van der Waals surface area contributed by atoms with Gasteiger partial charge in [0.05, 0.1) is 24.0 Å². The number of benzene rings is 2. The molecule has 0 aliphatic carbocycles. The van der Waals surface area contributed by atoms with E-state index in [4.69, 9.17) is 9.84 Å². The van der Waals surface area contributed by atoms with Crippen LogP contribution in [-0.2, 0) is 5.41 Å². The van der Waals surface area contributed by atoms with Gasteiger partial charge in [-0.1, -0.05) is 26.5 Å². The van der Waals surface area contributed by atoms with E-state index in [1.807, 2.05) is 20.8 Å². The van der Waals surface area contributed by atoms with Crippen LogP contribution in [0.25, 0.3) is 0 Å². The summed E-state index contributed by atoms with van der Waals surface area (Å²) in [5, 5.41) is 34.5. The van der Waals surface area contributed by atoms with Crippen LogP contribution in [0.15, 0.2) is 30.3 Å². The predicted molar refractivity (Wildman–Crippen MR) is 94.9 cm³/mol. The first-order valence-corrected chi connectivity index (χ1v) is 7.96. The lowest BCUT2D eigenvalue weighted by Gasteiger charge is -2.34. The highest BCUT2D eigenvalue weighted by Crippen LogP contribution is 2.43. The Bertz CT molecular complexity index is 876. The molecule has 8 nitrogen and oxygen atoms in total. The van der Waals surface area contributed by atoms with Crippen molar-refractivity contribution in [2.45, 2.75) is 26.2 Å². The largest absolute Gasteiger partial charge is 0.871 e. The highest BCUT2D eigenvalue weighted by molar-refractivity contribution is 5.92. The second-order valence-electron chi connectivity index (χ2n) is 7.02. The van der Waals surface area contributed by atoms with Crippen molar-refractivity contribution in [3.8, 4) is 11.5 Å². The Morgan fingerprint density at radius 2 is 1.88 bits per heavy atom. The zero-order chi connectivity index (χ0) is 19.2. The van der Waals surface area contributed by atoms with Gasteiger partial charge in [0, 0.05) is 6.07 Å². The number of nitrogens with one attached hydrogen (secondary N) is 1. The molecule has 26 heavy (non-hydrogen) atoms. The number of carbonyl (C=O) groups is 1. The van der Waals surface area contributed by atoms with Gasteiger partial charge >= 0.3 is 5.97 Å². The van der Waals surface area contributed by atoms with Gasteiger partial charge in [0.15, 0.2) is 0 Å². The highest BCUT2D eigenvalue weighted by atomic mass is 16.6. The van der Waals surface area contributed by atoms with Gasteiger partial charge in [-0.2, -0.15) is 5.12 Å². The summed E-state index contributed by atoms with van der Waals surface area (Å²) in [7, 11) is 1.50. The summed E-state index contributed by atoms with van der Waals surface area (Å²) in [5.74, 6) is -0.878. The molecule has 1 aliphatic heterocycles. The SMILES string of the molecule is COc1cc(N2Nc3cc(C(=O)O)ccc3N2O)c([O-])c(C(C)(C)C)c1. The molecule has 2 aromatic rings. The maximum absolute atomic E-state index is 13.0. The minimum atomic E-state index is -1.08. The first-order chi connectivity index (χ1) is 12.1. The molecule has 0 unspecified atom stereocenters. The zero-order valence-corrected chi connectivity index (χ0v) is 14.9. The van der Waals surface area contributed by atoms with Crippen LogP contribution in [0.4, 0.5) is 17.1 Å². The third-order valence-electron chi connectivity index (χ3n) is 4.19. The first-order valence-electron chi connectivity index (χ1n) is 7.96. The molecule has 0 bridgehead atoms. The van der Waals surface area contributed by atoms with Crippen molar-refractivity contribution in [3.05, 3.63) is 41.5 Å². The third-order valence-corrected chi connectivity index (χ3v) is 4.19. The number of anilines is 3. The van der Waals surface area contributed by atoms with E-state index >= 15 is 0 Å². The second-order valence-corrected chi connectivity index (χ2v) is 7.02. The molecular formula is C18H20N3O5-. The number of fused-ring (bicyclic) bond motifs is 1. The molecule has 138 valence electrons. The Morgan fingerprint density at radius 1 is 1.19 bits per heavy atom. The van der Waals surface area contributed by atoms with E-state index in [9.17, 15) is 15.1 Å². The van der Waals surface area contributed by atoms with Gasteiger partial charge in [-0.05, 0) is 35.2 Å². The Labute approximate surface area is 150 Å². The lowest BCUT2D eigenvalue weighted by molar-refractivity contribution is -0.269. The van der Waals surface area contributed by atoms with E-state index in [1.165, 1.54) is 31.4 Å². The van der Waals surface area contributed by atoms with Crippen LogP contribution in [0.3, 0.4) is 0 Å². The summed E-state index contributed by atoms with van der Waals surface area (Å²) in [5.41, 5.74) is 3.88. The summed E-state index contributed by atoms with van der Waals surface area (Å²) in [6.07, 6.45) is 0. The normalized spacial score (nSPS) is 13.4. The zero-order valence-electron chi connectivity index (χ0n) is 14.9. The lowest BCUT2D eigenvalue weighted by atomic mass is 9.86. The van der Waals surface area contributed by atoms with Crippen LogP contribution in [0.5, 0.6) is 11.5 Å². The Kier molecular flexibility index (Phi) is 4.08. The van der Waals surface area contributed by atoms with Gasteiger partial charge in [0.2, 0.25) is 0 Å². The van der Waals surface area contributed by atoms with Crippen molar-refractivity contribution in [1.29, 1.82) is 0 Å². The third kappa shape index (κ3) is 2.84.